The molecule has 0 amide bonds. The Labute approximate surface area is 115 Å². The Morgan fingerprint density at radius 3 is 2.58 bits per heavy atom. The van der Waals surface area contributed by atoms with Crippen LogP contribution < -0.4 is 10.1 Å². The second-order valence-electron chi connectivity index (χ2n) is 6.38. The molecule has 1 aromatic rings. The summed E-state index contributed by atoms with van der Waals surface area (Å²) >= 11 is 0. The van der Waals surface area contributed by atoms with Crippen LogP contribution in [-0.2, 0) is 6.54 Å². The van der Waals surface area contributed by atoms with Crippen LogP contribution in [0.1, 0.15) is 52.0 Å². The molecule has 0 unspecified atom stereocenters. The van der Waals surface area contributed by atoms with E-state index < -0.39 is 0 Å². The Kier molecular flexibility index (Phi) is 4.46. The maximum Gasteiger partial charge on any atom is 0.124 e. The molecule has 1 N–H and O–H groups in total. The number of hydrogen-bond donors (Lipinski definition) is 1. The Hall–Kier alpha value is -1.09. The molecule has 1 aliphatic rings. The third-order valence-electron chi connectivity index (χ3n) is 3.43. The number of nitrogens with one attached hydrogen (secondary N) is 1. The summed E-state index contributed by atoms with van der Waals surface area (Å²) in [4.78, 5) is 0. The smallest absolute Gasteiger partial charge is 0.124 e. The van der Waals surface area contributed by atoms with Crippen LogP contribution in [0.4, 0.5) is 4.39 Å². The van der Waals surface area contributed by atoms with E-state index in [4.69, 9.17) is 4.74 Å². The Morgan fingerprint density at radius 1 is 1.26 bits per heavy atom. The summed E-state index contributed by atoms with van der Waals surface area (Å²) in [6.07, 6.45) is 5.01. The number of ether oxygens (including phenoxy) is 1. The van der Waals surface area contributed by atoms with Gasteiger partial charge in [0.1, 0.15) is 11.6 Å². The highest BCUT2D eigenvalue weighted by Crippen LogP contribution is 2.27. The average molecular weight is 265 g/mol. The van der Waals surface area contributed by atoms with Gasteiger partial charge in [0, 0.05) is 17.6 Å². The molecule has 19 heavy (non-hydrogen) atoms. The van der Waals surface area contributed by atoms with Crippen molar-refractivity contribution in [2.75, 3.05) is 0 Å². The van der Waals surface area contributed by atoms with Crippen molar-refractivity contribution in [3.05, 3.63) is 29.6 Å². The zero-order valence-electron chi connectivity index (χ0n) is 12.1. The Bertz CT molecular complexity index is 419. The molecule has 1 fully saturated rings. The molecule has 0 aliphatic heterocycles. The number of benzene rings is 1. The fourth-order valence-electron chi connectivity index (χ4n) is 2.35. The van der Waals surface area contributed by atoms with E-state index in [1.54, 1.807) is 12.1 Å². The summed E-state index contributed by atoms with van der Waals surface area (Å²) in [5.74, 6) is 0.620. The van der Waals surface area contributed by atoms with Crippen molar-refractivity contribution in [1.29, 1.82) is 0 Å². The lowest BCUT2D eigenvalue weighted by atomic mass is 10.1. The third-order valence-corrected chi connectivity index (χ3v) is 3.43. The first kappa shape index (κ1) is 14.3. The summed E-state index contributed by atoms with van der Waals surface area (Å²) in [7, 11) is 0. The molecule has 1 saturated carbocycles. The van der Waals surface area contributed by atoms with Crippen LogP contribution in [0.25, 0.3) is 0 Å². The molecule has 2 rings (SSSR count). The van der Waals surface area contributed by atoms with Crippen LogP contribution in [0.3, 0.4) is 0 Å². The number of halogens is 1. The highest BCUT2D eigenvalue weighted by molar-refractivity contribution is 5.34. The molecule has 0 aromatic heterocycles. The van der Waals surface area contributed by atoms with Crippen LogP contribution in [-0.4, -0.2) is 11.6 Å². The van der Waals surface area contributed by atoms with E-state index in [9.17, 15) is 4.39 Å². The molecule has 0 radical (unpaired) electrons. The molecule has 2 nitrogen and oxygen atoms in total. The lowest BCUT2D eigenvalue weighted by molar-refractivity contribution is 0.206. The average Bonchev–Trinajstić information content (AvgIpc) is 2.81. The van der Waals surface area contributed by atoms with Crippen molar-refractivity contribution in [2.24, 2.45) is 0 Å². The van der Waals surface area contributed by atoms with Crippen LogP contribution >= 0.6 is 0 Å². The van der Waals surface area contributed by atoms with Crippen molar-refractivity contribution in [2.45, 2.75) is 64.6 Å². The SMILES string of the molecule is CC(C)(C)NCc1cc(F)ccc1OC1CCCC1. The summed E-state index contributed by atoms with van der Waals surface area (Å²) in [6, 6.07) is 4.81. The van der Waals surface area contributed by atoms with Gasteiger partial charge in [-0.3, -0.25) is 0 Å². The molecule has 106 valence electrons. The van der Waals surface area contributed by atoms with E-state index in [1.807, 2.05) is 0 Å². The van der Waals surface area contributed by atoms with Gasteiger partial charge < -0.3 is 10.1 Å². The van der Waals surface area contributed by atoms with Gasteiger partial charge in [-0.05, 0) is 64.7 Å². The highest BCUT2D eigenvalue weighted by atomic mass is 19.1. The van der Waals surface area contributed by atoms with Crippen LogP contribution in [0.5, 0.6) is 5.75 Å². The molecule has 1 aliphatic carbocycles. The lowest BCUT2D eigenvalue weighted by Gasteiger charge is -2.22. The molecule has 3 heteroatoms. The van der Waals surface area contributed by atoms with Gasteiger partial charge in [0.2, 0.25) is 0 Å². The van der Waals surface area contributed by atoms with Gasteiger partial charge in [-0.2, -0.15) is 0 Å². The fraction of sp³-hybridized carbons (Fsp3) is 0.625. The van der Waals surface area contributed by atoms with E-state index in [1.165, 1.54) is 18.9 Å². The standard InChI is InChI=1S/C16H24FNO/c1-16(2,3)18-11-12-10-13(17)8-9-15(12)19-14-6-4-5-7-14/h8-10,14,18H,4-7,11H2,1-3H3. The van der Waals surface area contributed by atoms with Crippen molar-refractivity contribution < 1.29 is 9.13 Å². The molecule has 0 bridgehead atoms. The third kappa shape index (κ3) is 4.50. The van der Waals surface area contributed by atoms with E-state index >= 15 is 0 Å². The Balaban J connectivity index is 2.08. The normalized spacial score (nSPS) is 16.8. The minimum Gasteiger partial charge on any atom is -0.490 e. The van der Waals surface area contributed by atoms with E-state index in [0.29, 0.717) is 12.6 Å². The molecular weight excluding hydrogens is 241 g/mol. The molecule has 0 atom stereocenters. The van der Waals surface area contributed by atoms with Crippen molar-refractivity contribution in [3.8, 4) is 5.75 Å². The Morgan fingerprint density at radius 2 is 1.95 bits per heavy atom. The van der Waals surface area contributed by atoms with Gasteiger partial charge in [-0.15, -0.1) is 0 Å². The van der Waals surface area contributed by atoms with E-state index in [0.717, 1.165) is 24.2 Å². The predicted octanol–water partition coefficient (Wildman–Crippen LogP) is 4.04. The van der Waals surface area contributed by atoms with Gasteiger partial charge in [-0.1, -0.05) is 0 Å². The fourth-order valence-corrected chi connectivity index (χ4v) is 2.35. The van der Waals surface area contributed by atoms with Crippen molar-refractivity contribution in [3.63, 3.8) is 0 Å². The zero-order valence-corrected chi connectivity index (χ0v) is 12.1. The minimum atomic E-state index is -0.204. The van der Waals surface area contributed by atoms with Crippen molar-refractivity contribution in [1.82, 2.24) is 5.32 Å². The first-order valence-corrected chi connectivity index (χ1v) is 7.14. The van der Waals surface area contributed by atoms with Gasteiger partial charge in [0.15, 0.2) is 0 Å². The molecule has 0 saturated heterocycles. The second-order valence-corrected chi connectivity index (χ2v) is 6.38. The predicted molar refractivity (Wildman–Crippen MR) is 75.9 cm³/mol. The number of rotatable bonds is 4. The minimum absolute atomic E-state index is 0.0109. The topological polar surface area (TPSA) is 21.3 Å². The molecule has 0 heterocycles. The molecule has 1 aromatic carbocycles. The lowest BCUT2D eigenvalue weighted by Crippen LogP contribution is -2.35. The summed E-state index contributed by atoms with van der Waals surface area (Å²) < 4.78 is 19.4. The first-order chi connectivity index (χ1) is 8.94. The quantitative estimate of drug-likeness (QED) is 0.887. The molecule has 0 spiro atoms. The maximum absolute atomic E-state index is 13.4. The first-order valence-electron chi connectivity index (χ1n) is 7.14. The summed E-state index contributed by atoms with van der Waals surface area (Å²) in [6.45, 7) is 6.93. The molecular formula is C16H24FNO. The second kappa shape index (κ2) is 5.91. The van der Waals surface area contributed by atoms with E-state index in [2.05, 4.69) is 26.1 Å². The van der Waals surface area contributed by atoms with Gasteiger partial charge >= 0.3 is 0 Å². The van der Waals surface area contributed by atoms with Gasteiger partial charge in [0.25, 0.3) is 0 Å². The highest BCUT2D eigenvalue weighted by Gasteiger charge is 2.19. The zero-order chi connectivity index (χ0) is 13.9. The largest absolute Gasteiger partial charge is 0.490 e. The van der Waals surface area contributed by atoms with E-state index in [-0.39, 0.29) is 11.4 Å². The maximum atomic E-state index is 13.4. The van der Waals surface area contributed by atoms with Crippen molar-refractivity contribution >= 4 is 0 Å². The van der Waals surface area contributed by atoms with Crippen LogP contribution in [0.15, 0.2) is 18.2 Å². The monoisotopic (exact) mass is 265 g/mol. The van der Waals surface area contributed by atoms with Gasteiger partial charge in [-0.25, -0.2) is 4.39 Å². The van der Waals surface area contributed by atoms with Crippen LogP contribution in [0.2, 0.25) is 0 Å². The van der Waals surface area contributed by atoms with Crippen LogP contribution in [0, 0.1) is 5.82 Å². The summed E-state index contributed by atoms with van der Waals surface area (Å²) in [5, 5.41) is 3.38. The number of hydrogen-bond acceptors (Lipinski definition) is 2. The summed E-state index contributed by atoms with van der Waals surface area (Å²) in [5.41, 5.74) is 0.915. The van der Waals surface area contributed by atoms with Gasteiger partial charge in [0.05, 0.1) is 6.10 Å².